The van der Waals surface area contributed by atoms with E-state index in [2.05, 4.69) is 15.3 Å². The van der Waals surface area contributed by atoms with Crippen molar-refractivity contribution in [1.82, 2.24) is 19.9 Å². The Bertz CT molecular complexity index is 756. The molecule has 0 unspecified atom stereocenters. The second kappa shape index (κ2) is 7.38. The molecule has 25 heavy (non-hydrogen) atoms. The lowest BCUT2D eigenvalue weighted by Crippen LogP contribution is -2.23. The zero-order valence-corrected chi connectivity index (χ0v) is 14.1. The number of pyridine rings is 2. The van der Waals surface area contributed by atoms with Crippen molar-refractivity contribution < 1.29 is 0 Å². The van der Waals surface area contributed by atoms with E-state index in [0.717, 1.165) is 22.8 Å². The Morgan fingerprint density at radius 3 is 2.44 bits per heavy atom. The van der Waals surface area contributed by atoms with Crippen LogP contribution in [0.1, 0.15) is 32.1 Å². The minimum atomic E-state index is 0.491. The largest absolute Gasteiger partial charge is 0.367 e. The highest BCUT2D eigenvalue weighted by molar-refractivity contribution is 5.66. The summed E-state index contributed by atoms with van der Waals surface area (Å²) < 4.78 is 0. The summed E-state index contributed by atoms with van der Waals surface area (Å²) in [6, 6.07) is 12.2. The number of rotatable bonds is 4. The molecule has 0 radical (unpaired) electrons. The average Bonchev–Trinajstić information content (AvgIpc) is 2.70. The summed E-state index contributed by atoms with van der Waals surface area (Å²) in [5.41, 5.74) is 2.70. The Hall–Kier alpha value is -2.82. The van der Waals surface area contributed by atoms with Crippen molar-refractivity contribution in [3.05, 3.63) is 55.0 Å². The van der Waals surface area contributed by atoms with E-state index in [1.54, 1.807) is 18.6 Å². The van der Waals surface area contributed by atoms with Gasteiger partial charge in [-0.3, -0.25) is 9.97 Å². The summed E-state index contributed by atoms with van der Waals surface area (Å²) in [4.78, 5) is 18.0. The normalized spacial score (nSPS) is 15.0. The van der Waals surface area contributed by atoms with Gasteiger partial charge in [0.2, 0.25) is 0 Å². The van der Waals surface area contributed by atoms with Gasteiger partial charge in [0.1, 0.15) is 11.5 Å². The van der Waals surface area contributed by atoms with Crippen LogP contribution in [0.4, 0.5) is 5.82 Å². The third-order valence-corrected chi connectivity index (χ3v) is 4.55. The third kappa shape index (κ3) is 3.82. The predicted molar refractivity (Wildman–Crippen MR) is 99.0 cm³/mol. The molecule has 126 valence electrons. The molecule has 1 fully saturated rings. The van der Waals surface area contributed by atoms with Crippen molar-refractivity contribution in [3.63, 3.8) is 0 Å². The summed E-state index contributed by atoms with van der Waals surface area (Å²) in [5.74, 6) is 1.52. The van der Waals surface area contributed by atoms with E-state index in [1.165, 1.54) is 32.1 Å². The van der Waals surface area contributed by atoms with Crippen molar-refractivity contribution >= 4 is 5.82 Å². The van der Waals surface area contributed by atoms with Crippen LogP contribution in [0.5, 0.6) is 0 Å². The fourth-order valence-electron chi connectivity index (χ4n) is 3.26. The summed E-state index contributed by atoms with van der Waals surface area (Å²) >= 11 is 0. The van der Waals surface area contributed by atoms with E-state index in [0.29, 0.717) is 11.9 Å². The van der Waals surface area contributed by atoms with Crippen molar-refractivity contribution in [2.24, 2.45) is 0 Å². The molecular weight excluding hydrogens is 310 g/mol. The maximum absolute atomic E-state index is 4.73. The van der Waals surface area contributed by atoms with Gasteiger partial charge in [0, 0.05) is 36.3 Å². The number of aromatic nitrogens is 4. The molecule has 5 nitrogen and oxygen atoms in total. The van der Waals surface area contributed by atoms with Gasteiger partial charge in [-0.15, -0.1) is 0 Å². The van der Waals surface area contributed by atoms with E-state index < -0.39 is 0 Å². The van der Waals surface area contributed by atoms with Gasteiger partial charge in [0.05, 0.1) is 5.69 Å². The monoisotopic (exact) mass is 331 g/mol. The van der Waals surface area contributed by atoms with E-state index in [9.17, 15) is 0 Å². The van der Waals surface area contributed by atoms with Crippen molar-refractivity contribution in [2.75, 3.05) is 5.32 Å². The Morgan fingerprint density at radius 1 is 0.840 bits per heavy atom. The fraction of sp³-hybridized carbons (Fsp3) is 0.300. The summed E-state index contributed by atoms with van der Waals surface area (Å²) in [6.07, 6.45) is 11.6. The molecule has 0 atom stereocenters. The van der Waals surface area contributed by atoms with E-state index in [-0.39, 0.29) is 0 Å². The maximum atomic E-state index is 4.73. The molecule has 1 N–H and O–H groups in total. The standard InChI is InChI=1S/C20H21N5/c1-2-6-16(7-3-1)23-19-14-18(15-9-12-21-13-10-15)24-20(25-19)17-8-4-5-11-22-17/h4-5,8-14,16H,1-3,6-7H2,(H,23,24,25). The first-order chi connectivity index (χ1) is 12.4. The van der Waals surface area contributed by atoms with Crippen LogP contribution in [-0.4, -0.2) is 26.0 Å². The minimum Gasteiger partial charge on any atom is -0.367 e. The first-order valence-corrected chi connectivity index (χ1v) is 8.86. The van der Waals surface area contributed by atoms with Crippen LogP contribution >= 0.6 is 0 Å². The van der Waals surface area contributed by atoms with Gasteiger partial charge in [0.15, 0.2) is 5.82 Å². The molecule has 0 amide bonds. The second-order valence-corrected chi connectivity index (χ2v) is 6.39. The molecule has 4 rings (SSSR count). The molecule has 3 heterocycles. The molecule has 3 aromatic heterocycles. The first kappa shape index (κ1) is 15.7. The molecule has 0 bridgehead atoms. The predicted octanol–water partition coefficient (Wildman–Crippen LogP) is 4.35. The second-order valence-electron chi connectivity index (χ2n) is 6.39. The molecule has 1 aliphatic rings. The Labute approximate surface area is 147 Å². The van der Waals surface area contributed by atoms with Crippen LogP contribution in [0.25, 0.3) is 22.8 Å². The van der Waals surface area contributed by atoms with Crippen LogP contribution < -0.4 is 5.32 Å². The number of nitrogens with zero attached hydrogens (tertiary/aromatic N) is 4. The van der Waals surface area contributed by atoms with Gasteiger partial charge in [-0.05, 0) is 37.1 Å². The molecule has 3 aromatic rings. The van der Waals surface area contributed by atoms with Crippen molar-refractivity contribution in [1.29, 1.82) is 0 Å². The number of nitrogens with one attached hydrogen (secondary N) is 1. The van der Waals surface area contributed by atoms with E-state index in [1.807, 2.05) is 36.4 Å². The van der Waals surface area contributed by atoms with Gasteiger partial charge in [-0.25, -0.2) is 9.97 Å². The van der Waals surface area contributed by atoms with Crippen LogP contribution in [0.3, 0.4) is 0 Å². The zero-order valence-electron chi connectivity index (χ0n) is 14.1. The van der Waals surface area contributed by atoms with Crippen LogP contribution in [-0.2, 0) is 0 Å². The van der Waals surface area contributed by atoms with Gasteiger partial charge < -0.3 is 5.32 Å². The van der Waals surface area contributed by atoms with Crippen LogP contribution in [0.15, 0.2) is 55.0 Å². The van der Waals surface area contributed by atoms with Gasteiger partial charge in [-0.1, -0.05) is 25.3 Å². The number of anilines is 1. The lowest BCUT2D eigenvalue weighted by Gasteiger charge is -2.23. The van der Waals surface area contributed by atoms with E-state index in [4.69, 9.17) is 9.97 Å². The Balaban J connectivity index is 1.72. The molecule has 0 saturated heterocycles. The Morgan fingerprint density at radius 2 is 1.68 bits per heavy atom. The molecular formula is C20H21N5. The van der Waals surface area contributed by atoms with Gasteiger partial charge in [0.25, 0.3) is 0 Å². The lowest BCUT2D eigenvalue weighted by atomic mass is 9.95. The molecule has 0 spiro atoms. The SMILES string of the molecule is c1ccc(-c2nc(NC3CCCCC3)cc(-c3ccncc3)n2)nc1. The highest BCUT2D eigenvalue weighted by Gasteiger charge is 2.15. The highest BCUT2D eigenvalue weighted by atomic mass is 15.1. The van der Waals surface area contributed by atoms with Crippen LogP contribution in [0, 0.1) is 0 Å². The maximum Gasteiger partial charge on any atom is 0.180 e. The molecule has 1 saturated carbocycles. The summed E-state index contributed by atoms with van der Waals surface area (Å²) in [6.45, 7) is 0. The van der Waals surface area contributed by atoms with Gasteiger partial charge in [-0.2, -0.15) is 0 Å². The van der Waals surface area contributed by atoms with Crippen LogP contribution in [0.2, 0.25) is 0 Å². The van der Waals surface area contributed by atoms with Crippen molar-refractivity contribution in [3.8, 4) is 22.8 Å². The number of hydrogen-bond acceptors (Lipinski definition) is 5. The smallest absolute Gasteiger partial charge is 0.180 e. The Kier molecular flexibility index (Phi) is 4.63. The highest BCUT2D eigenvalue weighted by Crippen LogP contribution is 2.26. The first-order valence-electron chi connectivity index (χ1n) is 8.86. The summed E-state index contributed by atoms with van der Waals surface area (Å²) in [7, 11) is 0. The van der Waals surface area contributed by atoms with Gasteiger partial charge >= 0.3 is 0 Å². The average molecular weight is 331 g/mol. The molecule has 0 aromatic carbocycles. The minimum absolute atomic E-state index is 0.491. The van der Waals surface area contributed by atoms with E-state index >= 15 is 0 Å². The molecule has 1 aliphatic carbocycles. The quantitative estimate of drug-likeness (QED) is 0.770. The molecule has 5 heteroatoms. The topological polar surface area (TPSA) is 63.6 Å². The third-order valence-electron chi connectivity index (χ3n) is 4.55. The van der Waals surface area contributed by atoms with Crippen molar-refractivity contribution in [2.45, 2.75) is 38.1 Å². The zero-order chi connectivity index (χ0) is 16.9. The number of hydrogen-bond donors (Lipinski definition) is 1. The lowest BCUT2D eigenvalue weighted by molar-refractivity contribution is 0.462. The fourth-order valence-corrected chi connectivity index (χ4v) is 3.26. The molecule has 0 aliphatic heterocycles. The summed E-state index contributed by atoms with van der Waals surface area (Å²) in [5, 5.41) is 3.61.